The van der Waals surface area contributed by atoms with Gasteiger partial charge in [0.25, 0.3) is 0 Å². The van der Waals surface area contributed by atoms with Gasteiger partial charge in [-0.15, -0.1) is 0 Å². The van der Waals surface area contributed by atoms with E-state index in [9.17, 15) is 46.4 Å². The first-order chi connectivity index (χ1) is 16.6. The zero-order chi connectivity index (χ0) is 27.2. The first-order valence-corrected chi connectivity index (χ1v) is 10.7. The molecular weight excluding hydrogens is 493 g/mol. The Morgan fingerprint density at radius 2 is 1.83 bits per heavy atom. The fourth-order valence-corrected chi connectivity index (χ4v) is 4.37. The van der Waals surface area contributed by atoms with Crippen LogP contribution in [-0.2, 0) is 24.6 Å². The van der Waals surface area contributed by atoms with Gasteiger partial charge in [-0.1, -0.05) is 18.2 Å². The number of fused-ring (bicyclic) bond motifs is 2. The summed E-state index contributed by atoms with van der Waals surface area (Å²) in [6.07, 6.45) is -6.15. The molecule has 1 aromatic carbocycles. The molecule has 4 amide bonds. The van der Waals surface area contributed by atoms with Crippen LogP contribution >= 0.6 is 0 Å². The van der Waals surface area contributed by atoms with Crippen molar-refractivity contribution < 1.29 is 41.1 Å². The molecule has 0 aliphatic carbocycles. The topological polar surface area (TPSA) is 123 Å². The average Bonchev–Trinajstić information content (AvgIpc) is 3.34. The summed E-state index contributed by atoms with van der Waals surface area (Å²) < 4.78 is 63.7. The van der Waals surface area contributed by atoms with Crippen LogP contribution in [0.4, 0.5) is 27.6 Å². The van der Waals surface area contributed by atoms with Gasteiger partial charge in [0.05, 0.1) is 11.5 Å². The van der Waals surface area contributed by atoms with Gasteiger partial charge in [-0.25, -0.2) is 0 Å². The average molecular weight is 515 g/mol. The van der Waals surface area contributed by atoms with E-state index >= 15 is 0 Å². The van der Waals surface area contributed by atoms with Crippen LogP contribution in [0.25, 0.3) is 0 Å². The molecule has 1 saturated heterocycles. The Hall–Kier alpha value is -3.76. The van der Waals surface area contributed by atoms with Gasteiger partial charge in [0.2, 0.25) is 17.7 Å². The number of para-hydroxylation sites is 1. The zero-order valence-corrected chi connectivity index (χ0v) is 19.3. The van der Waals surface area contributed by atoms with E-state index in [1.54, 1.807) is 24.3 Å². The van der Waals surface area contributed by atoms with Gasteiger partial charge in [0, 0.05) is 25.7 Å². The quantitative estimate of drug-likeness (QED) is 0.577. The molecule has 194 valence electrons. The Morgan fingerprint density at radius 1 is 1.22 bits per heavy atom. The molecule has 1 fully saturated rings. The first kappa shape index (κ1) is 26.8. The summed E-state index contributed by atoms with van der Waals surface area (Å²) in [7, 11) is 1.10. The minimum absolute atomic E-state index is 0.00144. The molecule has 14 heteroatoms. The van der Waals surface area contributed by atoms with Crippen LogP contribution in [0, 0.1) is 11.3 Å². The summed E-state index contributed by atoms with van der Waals surface area (Å²) in [5, 5.41) is 13.7. The molecule has 0 bridgehead atoms. The number of nitriles is 1. The van der Waals surface area contributed by atoms with E-state index in [0.717, 1.165) is 23.8 Å². The Balaban J connectivity index is 1.75. The summed E-state index contributed by atoms with van der Waals surface area (Å²) in [6, 6.07) is 4.63. The number of nitrogens with one attached hydrogen (secondary N) is 2. The maximum Gasteiger partial charge on any atom is 0.463 e. The van der Waals surface area contributed by atoms with Crippen molar-refractivity contribution >= 4 is 29.3 Å². The second kappa shape index (κ2) is 9.03. The van der Waals surface area contributed by atoms with E-state index in [2.05, 4.69) is 5.32 Å². The van der Waals surface area contributed by atoms with E-state index in [1.165, 1.54) is 12.2 Å². The van der Waals surface area contributed by atoms with Crippen LogP contribution in [0.5, 0.6) is 0 Å². The number of rotatable bonds is 5. The van der Waals surface area contributed by atoms with Crippen LogP contribution in [0.2, 0.25) is 0 Å². The fourth-order valence-electron chi connectivity index (χ4n) is 4.37. The molecular formula is C22H22F5N5O4. The molecule has 0 radical (unpaired) electrons. The number of halogens is 5. The van der Waals surface area contributed by atoms with E-state index in [-0.39, 0.29) is 13.0 Å². The van der Waals surface area contributed by atoms with Crippen LogP contribution in [0.15, 0.2) is 24.3 Å². The highest BCUT2D eigenvalue weighted by atomic mass is 19.4. The van der Waals surface area contributed by atoms with Crippen molar-refractivity contribution in [3.8, 4) is 6.07 Å². The normalized spacial score (nSPS) is 22.9. The van der Waals surface area contributed by atoms with E-state index in [4.69, 9.17) is 0 Å². The highest BCUT2D eigenvalue weighted by Gasteiger charge is 2.63. The van der Waals surface area contributed by atoms with Gasteiger partial charge in [0.1, 0.15) is 18.1 Å². The van der Waals surface area contributed by atoms with Gasteiger partial charge >= 0.3 is 18.0 Å². The number of anilines is 1. The molecule has 1 spiro atoms. The van der Waals surface area contributed by atoms with Crippen LogP contribution in [0.3, 0.4) is 0 Å². The van der Waals surface area contributed by atoms with Crippen molar-refractivity contribution in [2.75, 3.05) is 18.9 Å². The van der Waals surface area contributed by atoms with Gasteiger partial charge in [-0.2, -0.15) is 27.2 Å². The molecule has 2 heterocycles. The molecule has 0 aromatic heterocycles. The summed E-state index contributed by atoms with van der Waals surface area (Å²) in [6.45, 7) is 1.99. The fraction of sp³-hybridized carbons (Fsp3) is 0.500. The molecule has 4 atom stereocenters. The number of nitrogens with zero attached hydrogens (tertiary/aromatic N) is 3. The number of likely N-dealkylation sites (tertiary alicyclic amines) is 1. The van der Waals surface area contributed by atoms with Crippen molar-refractivity contribution in [1.29, 1.82) is 5.26 Å². The van der Waals surface area contributed by atoms with Crippen LogP contribution in [-0.4, -0.2) is 77.2 Å². The predicted octanol–water partition coefficient (Wildman–Crippen LogP) is 1.55. The molecule has 0 unspecified atom stereocenters. The number of alkyl halides is 5. The number of hydrogen-bond donors (Lipinski definition) is 2. The molecule has 2 N–H and O–H groups in total. The van der Waals surface area contributed by atoms with Crippen molar-refractivity contribution in [3.63, 3.8) is 0 Å². The molecule has 2 aliphatic heterocycles. The molecule has 3 rings (SSSR count). The van der Waals surface area contributed by atoms with E-state index in [1.807, 2.05) is 6.07 Å². The summed E-state index contributed by atoms with van der Waals surface area (Å²) in [5.74, 6) is -10.7. The molecule has 1 aromatic rings. The Labute approximate surface area is 202 Å². The standard InChI is InChI=1S/C22H22F5N5O4/c1-11(29-19(36)21(23,24)22(25,26)27)16(33)31(3)12(2)17(34)32-10-20(8-13(32)9-28)14-6-4-5-7-15(14)30-18(20)35/h4-7,11-13H,8,10H2,1-3H3,(H,29,36)(H,30,35)/t11-,12-,13-,20-/m0/s1. The SMILES string of the molecule is C[C@H](NC(=O)C(F)(F)C(F)(F)F)C(=O)N(C)[C@@H](C)C(=O)N1C[C@]2(C[C@H]1C#N)C(=O)Nc1ccccc12. The third-order valence-corrected chi connectivity index (χ3v) is 6.56. The highest BCUT2D eigenvalue weighted by molar-refractivity contribution is 6.07. The molecule has 36 heavy (non-hydrogen) atoms. The molecule has 2 aliphatic rings. The Morgan fingerprint density at radius 3 is 2.42 bits per heavy atom. The highest BCUT2D eigenvalue weighted by Crippen LogP contribution is 2.46. The largest absolute Gasteiger partial charge is 0.463 e. The van der Waals surface area contributed by atoms with Crippen molar-refractivity contribution in [2.45, 2.75) is 55.9 Å². The smallest absolute Gasteiger partial charge is 0.339 e. The summed E-state index contributed by atoms with van der Waals surface area (Å²) in [4.78, 5) is 52.0. The number of amides is 4. The van der Waals surface area contributed by atoms with Crippen molar-refractivity contribution in [3.05, 3.63) is 29.8 Å². The molecule has 9 nitrogen and oxygen atoms in total. The Kier molecular flexibility index (Phi) is 6.73. The number of carbonyl (C=O) groups is 4. The number of carbonyl (C=O) groups excluding carboxylic acids is 4. The van der Waals surface area contributed by atoms with Crippen molar-refractivity contribution in [1.82, 2.24) is 15.1 Å². The third kappa shape index (κ3) is 4.22. The van der Waals surface area contributed by atoms with Crippen molar-refractivity contribution in [2.24, 2.45) is 0 Å². The van der Waals surface area contributed by atoms with E-state index in [0.29, 0.717) is 11.3 Å². The number of hydrogen-bond acceptors (Lipinski definition) is 5. The second-order valence-corrected chi connectivity index (χ2v) is 8.79. The molecule has 0 saturated carbocycles. The lowest BCUT2D eigenvalue weighted by atomic mass is 9.80. The second-order valence-electron chi connectivity index (χ2n) is 8.79. The maximum atomic E-state index is 13.2. The lowest BCUT2D eigenvalue weighted by Gasteiger charge is -2.32. The van der Waals surface area contributed by atoms with Gasteiger partial charge in [-0.05, 0) is 25.5 Å². The van der Waals surface area contributed by atoms with Gasteiger partial charge in [-0.3, -0.25) is 19.2 Å². The van der Waals surface area contributed by atoms with Crippen LogP contribution in [0.1, 0.15) is 25.8 Å². The number of benzene rings is 1. The minimum Gasteiger partial charge on any atom is -0.339 e. The summed E-state index contributed by atoms with van der Waals surface area (Å²) >= 11 is 0. The monoisotopic (exact) mass is 515 g/mol. The first-order valence-electron chi connectivity index (χ1n) is 10.7. The Bertz CT molecular complexity index is 1150. The number of likely N-dealkylation sites (N-methyl/N-ethyl adjacent to an activating group) is 1. The van der Waals surface area contributed by atoms with Gasteiger partial charge in [0.15, 0.2) is 0 Å². The lowest BCUT2D eigenvalue weighted by molar-refractivity contribution is -0.270. The summed E-state index contributed by atoms with van der Waals surface area (Å²) in [5.41, 5.74) is -0.0158. The zero-order valence-electron chi connectivity index (χ0n) is 19.3. The van der Waals surface area contributed by atoms with Crippen LogP contribution < -0.4 is 10.6 Å². The van der Waals surface area contributed by atoms with Gasteiger partial charge < -0.3 is 20.4 Å². The minimum atomic E-state index is -6.15. The van der Waals surface area contributed by atoms with E-state index < -0.39 is 59.3 Å². The third-order valence-electron chi connectivity index (χ3n) is 6.56. The lowest BCUT2D eigenvalue weighted by Crippen LogP contribution is -2.57. The maximum absolute atomic E-state index is 13.2. The predicted molar refractivity (Wildman–Crippen MR) is 113 cm³/mol.